The summed E-state index contributed by atoms with van der Waals surface area (Å²) in [6.45, 7) is 2.46. The highest BCUT2D eigenvalue weighted by molar-refractivity contribution is 7.11. The molecule has 4 heteroatoms. The number of piperidine rings is 1. The van der Waals surface area contributed by atoms with Crippen molar-refractivity contribution in [3.8, 4) is 0 Å². The van der Waals surface area contributed by atoms with Crippen molar-refractivity contribution in [1.82, 2.24) is 9.88 Å². The van der Waals surface area contributed by atoms with Crippen LogP contribution in [-0.2, 0) is 6.61 Å². The Morgan fingerprint density at radius 2 is 2.29 bits per heavy atom. The van der Waals surface area contributed by atoms with Crippen molar-refractivity contribution in [2.24, 2.45) is 0 Å². The number of aliphatic hydroxyl groups excluding tert-OH is 1. The molecule has 0 amide bonds. The van der Waals surface area contributed by atoms with E-state index in [0.717, 1.165) is 4.88 Å². The molecule has 2 heterocycles. The Balaban J connectivity index is 2.01. The van der Waals surface area contributed by atoms with Crippen LogP contribution in [0.2, 0.25) is 0 Å². The molecule has 1 aromatic heterocycles. The maximum Gasteiger partial charge on any atom is 0.0960 e. The number of thiazole rings is 1. The number of hydrogen-bond acceptors (Lipinski definition) is 4. The third-order valence-corrected chi connectivity index (χ3v) is 3.94. The van der Waals surface area contributed by atoms with Crippen molar-refractivity contribution < 1.29 is 5.11 Å². The lowest BCUT2D eigenvalue weighted by molar-refractivity contribution is 0.255. The highest BCUT2D eigenvalue weighted by atomic mass is 32.1. The third kappa shape index (κ3) is 2.13. The van der Waals surface area contributed by atoms with E-state index in [4.69, 9.17) is 5.11 Å². The van der Waals surface area contributed by atoms with E-state index in [1.807, 2.05) is 0 Å². The smallest absolute Gasteiger partial charge is 0.0960 e. The van der Waals surface area contributed by atoms with Crippen LogP contribution in [0, 0.1) is 0 Å². The average molecular weight is 212 g/mol. The van der Waals surface area contributed by atoms with Crippen molar-refractivity contribution in [3.05, 3.63) is 16.1 Å². The van der Waals surface area contributed by atoms with Gasteiger partial charge in [-0.25, -0.2) is 4.98 Å². The largest absolute Gasteiger partial charge is 0.391 e. The highest BCUT2D eigenvalue weighted by Gasteiger charge is 2.20. The molecule has 0 radical (unpaired) electrons. The van der Waals surface area contributed by atoms with Crippen LogP contribution >= 0.6 is 11.3 Å². The van der Waals surface area contributed by atoms with Gasteiger partial charge in [-0.1, -0.05) is 0 Å². The van der Waals surface area contributed by atoms with E-state index >= 15 is 0 Å². The minimum Gasteiger partial charge on any atom is -0.391 e. The molecule has 0 aromatic carbocycles. The van der Waals surface area contributed by atoms with Crippen molar-refractivity contribution in [1.29, 1.82) is 0 Å². The Morgan fingerprint density at radius 1 is 1.57 bits per heavy atom. The maximum absolute atomic E-state index is 8.95. The molecule has 1 aromatic rings. The first-order valence-corrected chi connectivity index (χ1v) is 5.85. The molecule has 1 saturated heterocycles. The second kappa shape index (κ2) is 4.38. The SMILES string of the molecule is CN1CCC(c2ncc(CO)s2)CC1. The minimum absolute atomic E-state index is 0.129. The fourth-order valence-electron chi connectivity index (χ4n) is 1.84. The number of rotatable bonds is 2. The Hall–Kier alpha value is -0.450. The van der Waals surface area contributed by atoms with Crippen LogP contribution in [0.5, 0.6) is 0 Å². The lowest BCUT2D eigenvalue weighted by Gasteiger charge is -2.27. The van der Waals surface area contributed by atoms with Gasteiger partial charge < -0.3 is 10.0 Å². The maximum atomic E-state index is 8.95. The van der Waals surface area contributed by atoms with Gasteiger partial charge in [-0.2, -0.15) is 0 Å². The summed E-state index contributed by atoms with van der Waals surface area (Å²) < 4.78 is 0. The van der Waals surface area contributed by atoms with Gasteiger partial charge in [-0.15, -0.1) is 11.3 Å². The lowest BCUT2D eigenvalue weighted by Crippen LogP contribution is -2.29. The standard InChI is InChI=1S/C10H16N2OS/c1-12-4-2-8(3-5-12)10-11-6-9(7-13)14-10/h6,8,13H,2-5,7H2,1H3. The van der Waals surface area contributed by atoms with E-state index in [2.05, 4.69) is 16.9 Å². The fourth-order valence-corrected chi connectivity index (χ4v) is 2.79. The summed E-state index contributed by atoms with van der Waals surface area (Å²) in [5, 5.41) is 10.2. The van der Waals surface area contributed by atoms with Gasteiger partial charge in [0.1, 0.15) is 0 Å². The minimum atomic E-state index is 0.129. The number of likely N-dealkylation sites (tertiary alicyclic amines) is 1. The average Bonchev–Trinajstić information content (AvgIpc) is 2.67. The van der Waals surface area contributed by atoms with Gasteiger partial charge in [0.05, 0.1) is 16.5 Å². The molecule has 0 atom stereocenters. The van der Waals surface area contributed by atoms with Crippen molar-refractivity contribution in [2.75, 3.05) is 20.1 Å². The Morgan fingerprint density at radius 3 is 2.86 bits per heavy atom. The third-order valence-electron chi connectivity index (χ3n) is 2.80. The molecule has 0 aliphatic carbocycles. The van der Waals surface area contributed by atoms with Crippen molar-refractivity contribution in [3.63, 3.8) is 0 Å². The van der Waals surface area contributed by atoms with E-state index in [9.17, 15) is 0 Å². The summed E-state index contributed by atoms with van der Waals surface area (Å²) in [5.41, 5.74) is 0. The van der Waals surface area contributed by atoms with Crippen LogP contribution in [0.4, 0.5) is 0 Å². The highest BCUT2D eigenvalue weighted by Crippen LogP contribution is 2.30. The topological polar surface area (TPSA) is 36.4 Å². The molecular weight excluding hydrogens is 196 g/mol. The van der Waals surface area contributed by atoms with Crippen LogP contribution < -0.4 is 0 Å². The first-order chi connectivity index (χ1) is 6.79. The zero-order valence-electron chi connectivity index (χ0n) is 8.44. The Kier molecular flexibility index (Phi) is 3.15. The van der Waals surface area contributed by atoms with Crippen molar-refractivity contribution in [2.45, 2.75) is 25.4 Å². The zero-order valence-corrected chi connectivity index (χ0v) is 9.26. The quantitative estimate of drug-likeness (QED) is 0.806. The molecule has 1 N–H and O–H groups in total. The van der Waals surface area contributed by atoms with Gasteiger partial charge in [0, 0.05) is 12.1 Å². The Labute approximate surface area is 88.4 Å². The fraction of sp³-hybridized carbons (Fsp3) is 0.700. The first kappa shape index (κ1) is 10.1. The number of nitrogens with zero attached hydrogens (tertiary/aromatic N) is 2. The van der Waals surface area contributed by atoms with Crippen molar-refractivity contribution >= 4 is 11.3 Å². The second-order valence-corrected chi connectivity index (χ2v) is 5.05. The van der Waals surface area contributed by atoms with Gasteiger partial charge in [-0.3, -0.25) is 0 Å². The molecule has 78 valence electrons. The molecule has 2 rings (SSSR count). The molecule has 0 unspecified atom stereocenters. The number of aromatic nitrogens is 1. The van der Waals surface area contributed by atoms with Gasteiger partial charge in [0.25, 0.3) is 0 Å². The molecule has 14 heavy (non-hydrogen) atoms. The molecule has 0 saturated carbocycles. The van der Waals surface area contributed by atoms with Crippen LogP contribution in [-0.4, -0.2) is 35.1 Å². The summed E-state index contributed by atoms with van der Waals surface area (Å²) in [5.74, 6) is 0.622. The summed E-state index contributed by atoms with van der Waals surface area (Å²) in [6, 6.07) is 0. The van der Waals surface area contributed by atoms with Gasteiger partial charge in [0.2, 0.25) is 0 Å². The zero-order chi connectivity index (χ0) is 9.97. The van der Waals surface area contributed by atoms with Crippen LogP contribution in [0.25, 0.3) is 0 Å². The van der Waals surface area contributed by atoms with Crippen LogP contribution in [0.1, 0.15) is 28.6 Å². The molecule has 0 spiro atoms. The van der Waals surface area contributed by atoms with E-state index in [0.29, 0.717) is 5.92 Å². The summed E-state index contributed by atoms with van der Waals surface area (Å²) >= 11 is 1.66. The molecule has 1 aliphatic heterocycles. The van der Waals surface area contributed by atoms with Gasteiger partial charge in [-0.05, 0) is 33.0 Å². The molecule has 1 fully saturated rings. The normalized spacial score (nSPS) is 20.1. The molecule has 3 nitrogen and oxygen atoms in total. The van der Waals surface area contributed by atoms with Gasteiger partial charge >= 0.3 is 0 Å². The molecule has 0 bridgehead atoms. The van der Waals surface area contributed by atoms with E-state index in [1.54, 1.807) is 17.5 Å². The Bertz CT molecular complexity index is 292. The summed E-state index contributed by atoms with van der Waals surface area (Å²) in [6.07, 6.45) is 4.21. The molecule has 1 aliphatic rings. The van der Waals surface area contributed by atoms with E-state index in [-0.39, 0.29) is 6.61 Å². The molecular formula is C10H16N2OS. The predicted molar refractivity (Wildman–Crippen MR) is 57.5 cm³/mol. The van der Waals surface area contributed by atoms with Crippen LogP contribution in [0.15, 0.2) is 6.20 Å². The van der Waals surface area contributed by atoms with Gasteiger partial charge in [0.15, 0.2) is 0 Å². The van der Waals surface area contributed by atoms with Crippen LogP contribution in [0.3, 0.4) is 0 Å². The number of hydrogen-bond donors (Lipinski definition) is 1. The monoisotopic (exact) mass is 212 g/mol. The summed E-state index contributed by atoms with van der Waals surface area (Å²) in [7, 11) is 2.16. The predicted octanol–water partition coefficient (Wildman–Crippen LogP) is 1.44. The summed E-state index contributed by atoms with van der Waals surface area (Å²) in [4.78, 5) is 7.72. The van der Waals surface area contributed by atoms with E-state index < -0.39 is 0 Å². The first-order valence-electron chi connectivity index (χ1n) is 5.03. The lowest BCUT2D eigenvalue weighted by atomic mass is 9.98. The van der Waals surface area contributed by atoms with E-state index in [1.165, 1.54) is 30.9 Å². The number of aliphatic hydroxyl groups is 1. The second-order valence-electron chi connectivity index (χ2n) is 3.90.